The number of benzene rings is 3. The molecule has 7 heteroatoms. The Labute approximate surface area is 240 Å². The maximum Gasteiger partial charge on any atom is 0.338 e. The molecule has 210 valence electrons. The van der Waals surface area contributed by atoms with Crippen LogP contribution in [-0.4, -0.2) is 24.5 Å². The highest BCUT2D eigenvalue weighted by Crippen LogP contribution is 2.43. The fourth-order valence-corrected chi connectivity index (χ4v) is 3.45. The SMILES string of the molecule is C=C(C)C(=O)Oc1ccc(-c2cc(OC/C=C/C)c(-c3ccc(OC(=O)C(=C)C)cc3)c(OC(=O)C(=C)C)c2)cc1. The number of esters is 3. The molecule has 0 aliphatic heterocycles. The molecule has 3 aromatic carbocycles. The van der Waals surface area contributed by atoms with Crippen LogP contribution in [0.4, 0.5) is 0 Å². The molecule has 0 N–H and O–H groups in total. The smallest absolute Gasteiger partial charge is 0.338 e. The van der Waals surface area contributed by atoms with E-state index >= 15 is 0 Å². The summed E-state index contributed by atoms with van der Waals surface area (Å²) in [7, 11) is 0. The summed E-state index contributed by atoms with van der Waals surface area (Å²) in [4.78, 5) is 36.5. The van der Waals surface area contributed by atoms with E-state index < -0.39 is 17.9 Å². The van der Waals surface area contributed by atoms with Crippen molar-refractivity contribution >= 4 is 17.9 Å². The average molecular weight is 553 g/mol. The van der Waals surface area contributed by atoms with Crippen molar-refractivity contribution in [3.8, 4) is 45.3 Å². The third-order valence-electron chi connectivity index (χ3n) is 5.64. The van der Waals surface area contributed by atoms with Crippen LogP contribution in [0.1, 0.15) is 27.7 Å². The highest BCUT2D eigenvalue weighted by Gasteiger charge is 2.20. The molecule has 0 radical (unpaired) electrons. The topological polar surface area (TPSA) is 88.1 Å². The number of hydrogen-bond donors (Lipinski definition) is 0. The fraction of sp³-hybridized carbons (Fsp3) is 0.147. The number of carbonyl (C=O) groups is 3. The van der Waals surface area contributed by atoms with Crippen LogP contribution in [0.15, 0.2) is 109 Å². The second-order valence-corrected chi connectivity index (χ2v) is 9.29. The molecule has 41 heavy (non-hydrogen) atoms. The molecule has 0 aliphatic carbocycles. The summed E-state index contributed by atoms with van der Waals surface area (Å²) >= 11 is 0. The van der Waals surface area contributed by atoms with Crippen molar-refractivity contribution in [2.24, 2.45) is 0 Å². The zero-order chi connectivity index (χ0) is 30.1. The lowest BCUT2D eigenvalue weighted by atomic mass is 9.97. The Morgan fingerprint density at radius 1 is 0.634 bits per heavy atom. The Kier molecular flexibility index (Phi) is 10.2. The van der Waals surface area contributed by atoms with Gasteiger partial charge in [-0.1, -0.05) is 56.2 Å². The van der Waals surface area contributed by atoms with E-state index in [4.69, 9.17) is 18.9 Å². The molecule has 0 bridgehead atoms. The van der Waals surface area contributed by atoms with Crippen LogP contribution in [0.2, 0.25) is 0 Å². The number of ether oxygens (including phenoxy) is 4. The third kappa shape index (κ3) is 8.16. The van der Waals surface area contributed by atoms with Gasteiger partial charge in [-0.15, -0.1) is 0 Å². The van der Waals surface area contributed by atoms with Crippen molar-refractivity contribution in [3.63, 3.8) is 0 Å². The van der Waals surface area contributed by atoms with Gasteiger partial charge in [0.1, 0.15) is 29.6 Å². The molecule has 0 atom stereocenters. The average Bonchev–Trinajstić information content (AvgIpc) is 2.93. The normalized spacial score (nSPS) is 10.5. The van der Waals surface area contributed by atoms with E-state index in [-0.39, 0.29) is 23.5 Å². The van der Waals surface area contributed by atoms with Crippen LogP contribution >= 0.6 is 0 Å². The Hall–Kier alpha value is -5.17. The Morgan fingerprint density at radius 3 is 1.54 bits per heavy atom. The van der Waals surface area contributed by atoms with Crippen LogP contribution in [-0.2, 0) is 14.4 Å². The third-order valence-corrected chi connectivity index (χ3v) is 5.64. The molecule has 0 amide bonds. The molecule has 0 fully saturated rings. The second kappa shape index (κ2) is 13.8. The first-order valence-electron chi connectivity index (χ1n) is 12.8. The summed E-state index contributed by atoms with van der Waals surface area (Å²) < 4.78 is 22.5. The van der Waals surface area contributed by atoms with Gasteiger partial charge < -0.3 is 18.9 Å². The highest BCUT2D eigenvalue weighted by molar-refractivity contribution is 5.92. The fourth-order valence-electron chi connectivity index (χ4n) is 3.45. The molecule has 3 aromatic rings. The summed E-state index contributed by atoms with van der Waals surface area (Å²) in [6.45, 7) is 17.7. The van der Waals surface area contributed by atoms with Crippen molar-refractivity contribution in [3.05, 3.63) is 109 Å². The monoisotopic (exact) mass is 552 g/mol. The Balaban J connectivity index is 2.12. The Bertz CT molecular complexity index is 1520. The van der Waals surface area contributed by atoms with Crippen LogP contribution in [0.25, 0.3) is 22.3 Å². The van der Waals surface area contributed by atoms with Gasteiger partial charge in [0.2, 0.25) is 0 Å². The van der Waals surface area contributed by atoms with Gasteiger partial charge in [0.25, 0.3) is 0 Å². The lowest BCUT2D eigenvalue weighted by Crippen LogP contribution is -2.10. The molecule has 7 nitrogen and oxygen atoms in total. The van der Waals surface area contributed by atoms with E-state index in [2.05, 4.69) is 19.7 Å². The minimum atomic E-state index is -0.600. The number of rotatable bonds is 11. The minimum absolute atomic E-state index is 0.225. The van der Waals surface area contributed by atoms with Gasteiger partial charge in [-0.05, 0) is 80.8 Å². The first kappa shape index (κ1) is 30.4. The van der Waals surface area contributed by atoms with E-state index in [0.29, 0.717) is 39.5 Å². The first-order valence-corrected chi connectivity index (χ1v) is 12.8. The molecule has 0 aromatic heterocycles. The number of hydrogen-bond acceptors (Lipinski definition) is 7. The van der Waals surface area contributed by atoms with Gasteiger partial charge in [0.05, 0.1) is 5.56 Å². The highest BCUT2D eigenvalue weighted by atomic mass is 16.5. The van der Waals surface area contributed by atoms with Crippen molar-refractivity contribution in [1.82, 2.24) is 0 Å². The van der Waals surface area contributed by atoms with Gasteiger partial charge in [0, 0.05) is 16.7 Å². The van der Waals surface area contributed by atoms with Gasteiger partial charge >= 0.3 is 17.9 Å². The van der Waals surface area contributed by atoms with Crippen molar-refractivity contribution in [2.45, 2.75) is 27.7 Å². The molecule has 3 rings (SSSR count). The first-order chi connectivity index (χ1) is 19.5. The number of carbonyl (C=O) groups excluding carboxylic acids is 3. The molecular weight excluding hydrogens is 520 g/mol. The summed E-state index contributed by atoms with van der Waals surface area (Å²) in [6.07, 6.45) is 3.71. The zero-order valence-electron chi connectivity index (χ0n) is 23.6. The van der Waals surface area contributed by atoms with E-state index in [1.807, 2.05) is 25.1 Å². The predicted molar refractivity (Wildman–Crippen MR) is 159 cm³/mol. The molecule has 0 saturated carbocycles. The largest absolute Gasteiger partial charge is 0.489 e. The van der Waals surface area contributed by atoms with Crippen molar-refractivity contribution in [2.75, 3.05) is 6.61 Å². The summed E-state index contributed by atoms with van der Waals surface area (Å²) in [5.41, 5.74) is 3.43. The lowest BCUT2D eigenvalue weighted by Gasteiger charge is -2.18. The molecule has 0 spiro atoms. The van der Waals surface area contributed by atoms with E-state index in [9.17, 15) is 14.4 Å². The molecule has 0 heterocycles. The molecule has 0 aliphatic rings. The van der Waals surface area contributed by atoms with Gasteiger partial charge in [-0.25, -0.2) is 14.4 Å². The predicted octanol–water partition coefficient (Wildman–Crippen LogP) is 7.42. The molecule has 0 saturated heterocycles. The van der Waals surface area contributed by atoms with E-state index in [0.717, 1.165) is 5.56 Å². The van der Waals surface area contributed by atoms with Gasteiger partial charge in [0.15, 0.2) is 0 Å². The van der Waals surface area contributed by atoms with Gasteiger partial charge in [-0.2, -0.15) is 0 Å². The van der Waals surface area contributed by atoms with Crippen molar-refractivity contribution < 1.29 is 33.3 Å². The van der Waals surface area contributed by atoms with Crippen LogP contribution in [0.3, 0.4) is 0 Å². The van der Waals surface area contributed by atoms with E-state index in [1.54, 1.807) is 75.4 Å². The summed E-state index contributed by atoms with van der Waals surface area (Å²) in [5.74, 6) is -0.251. The molecular formula is C34H32O7. The van der Waals surface area contributed by atoms with Crippen LogP contribution in [0.5, 0.6) is 23.0 Å². The standard InChI is InChI=1S/C34H32O7/c1-8-9-18-38-29-19-26(24-10-14-27(15-11-24)39-32(35)21(2)3)20-30(41-34(37)23(6)7)31(29)25-12-16-28(17-13-25)40-33(36)22(4)5/h8-17,19-20H,2,4,6,18H2,1,3,5,7H3/b9-8+. The van der Waals surface area contributed by atoms with Crippen LogP contribution in [0, 0.1) is 0 Å². The minimum Gasteiger partial charge on any atom is -0.489 e. The summed E-state index contributed by atoms with van der Waals surface area (Å²) in [5, 5.41) is 0. The maximum atomic E-state index is 12.7. The molecule has 0 unspecified atom stereocenters. The van der Waals surface area contributed by atoms with Crippen molar-refractivity contribution in [1.29, 1.82) is 0 Å². The number of allylic oxidation sites excluding steroid dienone is 1. The lowest BCUT2D eigenvalue weighted by molar-refractivity contribution is -0.130. The van der Waals surface area contributed by atoms with Gasteiger partial charge in [-0.3, -0.25) is 0 Å². The Morgan fingerprint density at radius 2 is 1.07 bits per heavy atom. The van der Waals surface area contributed by atoms with E-state index in [1.165, 1.54) is 0 Å². The summed E-state index contributed by atoms with van der Waals surface area (Å²) in [6, 6.07) is 17.2. The maximum absolute atomic E-state index is 12.7. The zero-order valence-corrected chi connectivity index (χ0v) is 23.6. The second-order valence-electron chi connectivity index (χ2n) is 9.29. The quantitative estimate of drug-likeness (QED) is 0.106. The van der Waals surface area contributed by atoms with Crippen LogP contribution < -0.4 is 18.9 Å².